The number of carboxylic acid groups (broad SMARTS) is 1. The van der Waals surface area contributed by atoms with Crippen LogP contribution in [0.1, 0.15) is 18.9 Å². The molecule has 0 amide bonds. The van der Waals surface area contributed by atoms with Crippen LogP contribution in [0.5, 0.6) is 0 Å². The van der Waals surface area contributed by atoms with Gasteiger partial charge in [0.15, 0.2) is 0 Å². The zero-order valence-electron chi connectivity index (χ0n) is 10.5. The number of hydrogen-bond acceptors (Lipinski definition) is 3. The summed E-state index contributed by atoms with van der Waals surface area (Å²) in [6, 6.07) is 6.82. The van der Waals surface area contributed by atoms with Gasteiger partial charge in [-0.3, -0.25) is 4.79 Å². The summed E-state index contributed by atoms with van der Waals surface area (Å²) >= 11 is 5.76. The van der Waals surface area contributed by atoms with Gasteiger partial charge < -0.3 is 5.11 Å². The van der Waals surface area contributed by atoms with E-state index in [0.29, 0.717) is 11.4 Å². The minimum atomic E-state index is -3.56. The van der Waals surface area contributed by atoms with Gasteiger partial charge in [-0.1, -0.05) is 23.7 Å². The Morgan fingerprint density at radius 2 is 1.95 bits per heavy atom. The van der Waals surface area contributed by atoms with E-state index in [1.165, 1.54) is 0 Å². The maximum Gasteiger partial charge on any atom is 0.304 e. The molecule has 5 nitrogen and oxygen atoms in total. The van der Waals surface area contributed by atoms with Crippen molar-refractivity contribution in [2.24, 2.45) is 0 Å². The molecule has 2 N–H and O–H groups in total. The summed E-state index contributed by atoms with van der Waals surface area (Å²) in [4.78, 5) is 10.3. The fraction of sp³-hybridized carbons (Fsp3) is 0.417. The van der Waals surface area contributed by atoms with Crippen molar-refractivity contribution in [3.63, 3.8) is 0 Å². The van der Waals surface area contributed by atoms with Crippen molar-refractivity contribution >= 4 is 27.6 Å². The Hall–Kier alpha value is -1.11. The molecule has 1 rings (SSSR count). The highest BCUT2D eigenvalue weighted by Crippen LogP contribution is 2.11. The molecule has 19 heavy (non-hydrogen) atoms. The van der Waals surface area contributed by atoms with E-state index in [2.05, 4.69) is 4.72 Å². The van der Waals surface area contributed by atoms with E-state index in [4.69, 9.17) is 16.7 Å². The van der Waals surface area contributed by atoms with E-state index in [-0.39, 0.29) is 6.04 Å². The largest absolute Gasteiger partial charge is 0.481 e. The molecule has 0 aromatic heterocycles. The molecule has 0 bridgehead atoms. The van der Waals surface area contributed by atoms with E-state index in [9.17, 15) is 13.2 Å². The third-order valence-electron chi connectivity index (χ3n) is 2.42. The lowest BCUT2D eigenvalue weighted by atomic mass is 10.1. The molecule has 0 spiro atoms. The number of aliphatic carboxylic acids is 1. The predicted octanol–water partition coefficient (Wildman–Crippen LogP) is 1.67. The van der Waals surface area contributed by atoms with Gasteiger partial charge in [0.05, 0.1) is 12.2 Å². The smallest absolute Gasteiger partial charge is 0.304 e. The second-order valence-corrected chi connectivity index (χ2v) is 6.62. The lowest BCUT2D eigenvalue weighted by Crippen LogP contribution is -2.36. The number of benzene rings is 1. The molecule has 0 saturated carbocycles. The number of nitrogens with one attached hydrogen (secondary N) is 1. The normalized spacial score (nSPS) is 13.2. The Balaban J connectivity index is 2.52. The molecule has 0 aliphatic carbocycles. The monoisotopic (exact) mass is 305 g/mol. The highest BCUT2D eigenvalue weighted by molar-refractivity contribution is 7.89. The average molecular weight is 306 g/mol. The molecule has 1 aromatic rings. The van der Waals surface area contributed by atoms with Crippen molar-refractivity contribution in [1.29, 1.82) is 0 Å². The molecule has 1 atom stereocenters. The van der Waals surface area contributed by atoms with Gasteiger partial charge in [0.2, 0.25) is 10.0 Å². The minimum absolute atomic E-state index is 0.306. The number of rotatable bonds is 7. The van der Waals surface area contributed by atoms with E-state index in [0.717, 1.165) is 5.56 Å². The first-order valence-corrected chi connectivity index (χ1v) is 7.78. The summed E-state index contributed by atoms with van der Waals surface area (Å²) in [6.07, 6.45) is 0.118. The maximum atomic E-state index is 11.6. The highest BCUT2D eigenvalue weighted by Gasteiger charge is 2.16. The van der Waals surface area contributed by atoms with Crippen molar-refractivity contribution in [2.45, 2.75) is 25.8 Å². The van der Waals surface area contributed by atoms with E-state index < -0.39 is 28.2 Å². The van der Waals surface area contributed by atoms with Crippen LogP contribution in [-0.2, 0) is 21.2 Å². The van der Waals surface area contributed by atoms with Gasteiger partial charge in [0, 0.05) is 11.1 Å². The molecule has 7 heteroatoms. The molecule has 0 saturated heterocycles. The molecule has 0 aliphatic heterocycles. The molecular weight excluding hydrogens is 290 g/mol. The minimum Gasteiger partial charge on any atom is -0.481 e. The fourth-order valence-electron chi connectivity index (χ4n) is 1.60. The van der Waals surface area contributed by atoms with Gasteiger partial charge in [-0.25, -0.2) is 13.1 Å². The standard InChI is InChI=1S/C12H16ClNO4S/c1-9(8-10-2-4-11(13)5-3-10)14-19(17,18)7-6-12(15)16/h2-5,9,14H,6-8H2,1H3,(H,15,16). The van der Waals surface area contributed by atoms with Gasteiger partial charge >= 0.3 is 5.97 Å². The summed E-state index contributed by atoms with van der Waals surface area (Å²) < 4.78 is 25.6. The lowest BCUT2D eigenvalue weighted by molar-refractivity contribution is -0.136. The Labute approximate surface area is 117 Å². The number of carbonyl (C=O) groups is 1. The van der Waals surface area contributed by atoms with Crippen LogP contribution in [0, 0.1) is 0 Å². The number of sulfonamides is 1. The lowest BCUT2D eigenvalue weighted by Gasteiger charge is -2.13. The van der Waals surface area contributed by atoms with Crippen LogP contribution >= 0.6 is 11.6 Å². The molecule has 1 aromatic carbocycles. The second kappa shape index (κ2) is 6.88. The number of carboxylic acids is 1. The summed E-state index contributed by atoms with van der Waals surface area (Å²) in [7, 11) is -3.56. The van der Waals surface area contributed by atoms with Crippen LogP contribution in [0.25, 0.3) is 0 Å². The van der Waals surface area contributed by atoms with Crippen molar-refractivity contribution < 1.29 is 18.3 Å². The summed E-state index contributed by atoms with van der Waals surface area (Å²) in [6.45, 7) is 1.73. The first-order valence-electron chi connectivity index (χ1n) is 5.75. The molecule has 0 heterocycles. The second-order valence-electron chi connectivity index (χ2n) is 4.31. The fourth-order valence-corrected chi connectivity index (χ4v) is 2.99. The van der Waals surface area contributed by atoms with E-state index >= 15 is 0 Å². The third-order valence-corrected chi connectivity index (χ3v) is 4.18. The third kappa shape index (κ3) is 6.56. The molecule has 0 fully saturated rings. The van der Waals surface area contributed by atoms with Gasteiger partial charge in [-0.05, 0) is 31.0 Å². The molecular formula is C12H16ClNO4S. The molecule has 106 valence electrons. The summed E-state index contributed by atoms with van der Waals surface area (Å²) in [5.41, 5.74) is 0.956. The topological polar surface area (TPSA) is 83.5 Å². The van der Waals surface area contributed by atoms with E-state index in [1.807, 2.05) is 12.1 Å². The van der Waals surface area contributed by atoms with Crippen LogP contribution in [0.15, 0.2) is 24.3 Å². The van der Waals surface area contributed by atoms with Crippen molar-refractivity contribution in [3.8, 4) is 0 Å². The van der Waals surface area contributed by atoms with Crippen LogP contribution in [0.3, 0.4) is 0 Å². The Morgan fingerprint density at radius 3 is 2.47 bits per heavy atom. The first-order chi connectivity index (χ1) is 8.78. The van der Waals surface area contributed by atoms with Crippen LogP contribution in [-0.4, -0.2) is 31.3 Å². The molecule has 0 radical (unpaired) electrons. The number of halogens is 1. The van der Waals surface area contributed by atoms with Crippen molar-refractivity contribution in [1.82, 2.24) is 4.72 Å². The summed E-state index contributed by atoms with van der Waals surface area (Å²) in [5.74, 6) is -1.54. The molecule has 0 aliphatic rings. The first kappa shape index (κ1) is 15.9. The number of hydrogen-bond donors (Lipinski definition) is 2. The Kier molecular flexibility index (Phi) is 5.78. The zero-order chi connectivity index (χ0) is 14.5. The van der Waals surface area contributed by atoms with Gasteiger partial charge in [-0.15, -0.1) is 0 Å². The quantitative estimate of drug-likeness (QED) is 0.802. The molecule has 1 unspecified atom stereocenters. The SMILES string of the molecule is CC(Cc1ccc(Cl)cc1)NS(=O)(=O)CCC(=O)O. The van der Waals surface area contributed by atoms with Crippen LogP contribution < -0.4 is 4.72 Å². The zero-order valence-corrected chi connectivity index (χ0v) is 12.0. The Bertz CT molecular complexity index is 527. The van der Waals surface area contributed by atoms with Crippen molar-refractivity contribution in [3.05, 3.63) is 34.9 Å². The predicted molar refractivity (Wildman–Crippen MR) is 73.8 cm³/mol. The van der Waals surface area contributed by atoms with Gasteiger partial charge in [-0.2, -0.15) is 0 Å². The van der Waals surface area contributed by atoms with Crippen LogP contribution in [0.4, 0.5) is 0 Å². The Morgan fingerprint density at radius 1 is 1.37 bits per heavy atom. The maximum absolute atomic E-state index is 11.6. The average Bonchev–Trinajstić information content (AvgIpc) is 2.29. The van der Waals surface area contributed by atoms with Crippen LogP contribution in [0.2, 0.25) is 5.02 Å². The van der Waals surface area contributed by atoms with Gasteiger partial charge in [0.1, 0.15) is 0 Å². The highest BCUT2D eigenvalue weighted by atomic mass is 35.5. The van der Waals surface area contributed by atoms with E-state index in [1.54, 1.807) is 19.1 Å². The van der Waals surface area contributed by atoms with Crippen molar-refractivity contribution in [2.75, 3.05) is 5.75 Å². The van der Waals surface area contributed by atoms with Gasteiger partial charge in [0.25, 0.3) is 0 Å². The summed E-state index contributed by atoms with van der Waals surface area (Å²) in [5, 5.41) is 9.09.